The van der Waals surface area contributed by atoms with Crippen LogP contribution in [0.1, 0.15) is 18.4 Å². The molecule has 2 aromatic rings. The average Bonchev–Trinajstić information content (AvgIpc) is 2.62. The van der Waals surface area contributed by atoms with Crippen LogP contribution in [0, 0.1) is 5.82 Å². The zero-order chi connectivity index (χ0) is 19.0. The highest BCUT2D eigenvalue weighted by Crippen LogP contribution is 2.17. The molecule has 0 saturated carbocycles. The van der Waals surface area contributed by atoms with Gasteiger partial charge in [0, 0.05) is 13.0 Å². The van der Waals surface area contributed by atoms with Crippen LogP contribution in [0.15, 0.2) is 53.4 Å². The number of amides is 1. The van der Waals surface area contributed by atoms with Crippen LogP contribution >= 0.6 is 0 Å². The Labute approximate surface area is 153 Å². The lowest BCUT2D eigenvalue weighted by Gasteiger charge is -2.09. The van der Waals surface area contributed by atoms with Crippen molar-refractivity contribution in [2.45, 2.75) is 24.2 Å². The molecule has 2 rings (SSSR count). The Bertz CT molecular complexity index is 835. The van der Waals surface area contributed by atoms with E-state index in [-0.39, 0.29) is 29.4 Å². The van der Waals surface area contributed by atoms with Crippen LogP contribution in [0.25, 0.3) is 0 Å². The van der Waals surface area contributed by atoms with Crippen molar-refractivity contribution in [3.8, 4) is 5.75 Å². The quantitative estimate of drug-likeness (QED) is 0.680. The van der Waals surface area contributed by atoms with Gasteiger partial charge in [-0.05, 0) is 48.7 Å². The molecule has 0 heterocycles. The lowest BCUT2D eigenvalue weighted by molar-refractivity contribution is -0.121. The molecule has 0 saturated heterocycles. The number of nitrogens with one attached hydrogen (secondary N) is 1. The van der Waals surface area contributed by atoms with Crippen LogP contribution in [0.5, 0.6) is 5.75 Å². The number of benzene rings is 2. The molecule has 5 nitrogen and oxygen atoms in total. The predicted molar refractivity (Wildman–Crippen MR) is 97.4 cm³/mol. The molecule has 0 atom stereocenters. The second-order valence-corrected chi connectivity index (χ2v) is 7.90. The van der Waals surface area contributed by atoms with Crippen molar-refractivity contribution in [2.75, 3.05) is 19.4 Å². The first kappa shape index (κ1) is 19.9. The lowest BCUT2D eigenvalue weighted by Crippen LogP contribution is -2.26. The molecule has 0 aliphatic heterocycles. The van der Waals surface area contributed by atoms with Gasteiger partial charge in [-0.2, -0.15) is 0 Å². The summed E-state index contributed by atoms with van der Waals surface area (Å²) in [6, 6.07) is 12.3. The average molecular weight is 379 g/mol. The number of para-hydroxylation sites is 1. The monoisotopic (exact) mass is 379 g/mol. The van der Waals surface area contributed by atoms with Gasteiger partial charge in [-0.15, -0.1) is 0 Å². The smallest absolute Gasteiger partial charge is 0.220 e. The normalized spacial score (nSPS) is 11.2. The Kier molecular flexibility index (Phi) is 7.15. The standard InChI is InChI=1S/C19H22FNO4S/c1-25-18-6-3-2-5-15(18)12-13-21-19(22)7-4-14-26(23,24)17-10-8-16(20)9-11-17/h2-3,5-6,8-11H,4,7,12-14H2,1H3,(H,21,22). The predicted octanol–water partition coefficient (Wildman–Crippen LogP) is 2.75. The molecular weight excluding hydrogens is 357 g/mol. The maximum absolute atomic E-state index is 12.9. The van der Waals surface area contributed by atoms with Gasteiger partial charge in [0.15, 0.2) is 9.84 Å². The van der Waals surface area contributed by atoms with E-state index in [1.54, 1.807) is 7.11 Å². The van der Waals surface area contributed by atoms with Crippen molar-refractivity contribution in [1.29, 1.82) is 0 Å². The molecule has 7 heteroatoms. The molecule has 0 radical (unpaired) electrons. The van der Waals surface area contributed by atoms with E-state index < -0.39 is 15.7 Å². The molecule has 26 heavy (non-hydrogen) atoms. The zero-order valence-electron chi connectivity index (χ0n) is 14.6. The Morgan fingerprint density at radius 2 is 1.81 bits per heavy atom. The lowest BCUT2D eigenvalue weighted by atomic mass is 10.1. The second kappa shape index (κ2) is 9.33. The van der Waals surface area contributed by atoms with Crippen LogP contribution < -0.4 is 10.1 Å². The third-order valence-electron chi connectivity index (χ3n) is 3.90. The fourth-order valence-corrected chi connectivity index (χ4v) is 3.83. The minimum atomic E-state index is -3.51. The number of sulfone groups is 1. The number of methoxy groups -OCH3 is 1. The number of rotatable bonds is 9. The topological polar surface area (TPSA) is 72.5 Å². The first-order valence-electron chi connectivity index (χ1n) is 8.29. The minimum Gasteiger partial charge on any atom is -0.496 e. The first-order chi connectivity index (χ1) is 12.4. The summed E-state index contributed by atoms with van der Waals surface area (Å²) in [6.07, 6.45) is 0.955. The number of hydrogen-bond donors (Lipinski definition) is 1. The molecule has 140 valence electrons. The third kappa shape index (κ3) is 5.84. The first-order valence-corrected chi connectivity index (χ1v) is 9.94. The Balaban J connectivity index is 1.74. The summed E-state index contributed by atoms with van der Waals surface area (Å²) in [6.45, 7) is 0.448. The molecule has 0 aromatic heterocycles. The van der Waals surface area contributed by atoms with Gasteiger partial charge in [0.2, 0.25) is 5.91 Å². The summed E-state index contributed by atoms with van der Waals surface area (Å²) >= 11 is 0. The van der Waals surface area contributed by atoms with Crippen molar-refractivity contribution in [3.05, 3.63) is 59.9 Å². The molecule has 0 aliphatic rings. The van der Waals surface area contributed by atoms with E-state index in [1.165, 1.54) is 12.1 Å². The van der Waals surface area contributed by atoms with E-state index in [0.717, 1.165) is 23.4 Å². The number of halogens is 1. The molecule has 0 fully saturated rings. The van der Waals surface area contributed by atoms with Gasteiger partial charge < -0.3 is 10.1 Å². The second-order valence-electron chi connectivity index (χ2n) is 5.79. The number of carbonyl (C=O) groups excluding carboxylic acids is 1. The van der Waals surface area contributed by atoms with Gasteiger partial charge in [-0.3, -0.25) is 4.79 Å². The van der Waals surface area contributed by atoms with Gasteiger partial charge in [0.05, 0.1) is 17.8 Å². The highest BCUT2D eigenvalue weighted by Gasteiger charge is 2.15. The fraction of sp³-hybridized carbons (Fsp3) is 0.316. The van der Waals surface area contributed by atoms with E-state index in [4.69, 9.17) is 4.74 Å². The van der Waals surface area contributed by atoms with Crippen molar-refractivity contribution < 1.29 is 22.3 Å². The molecular formula is C19H22FNO4S. The number of hydrogen-bond acceptors (Lipinski definition) is 4. The molecule has 2 aromatic carbocycles. The SMILES string of the molecule is COc1ccccc1CCNC(=O)CCCS(=O)(=O)c1ccc(F)cc1. The van der Waals surface area contributed by atoms with Crippen molar-refractivity contribution in [1.82, 2.24) is 5.32 Å². The van der Waals surface area contributed by atoms with Gasteiger partial charge in [0.25, 0.3) is 0 Å². The van der Waals surface area contributed by atoms with Crippen LogP contribution in [-0.2, 0) is 21.1 Å². The summed E-state index contributed by atoms with van der Waals surface area (Å²) in [4.78, 5) is 11.9. The van der Waals surface area contributed by atoms with E-state index in [0.29, 0.717) is 13.0 Å². The molecule has 1 amide bonds. The molecule has 0 unspecified atom stereocenters. The Morgan fingerprint density at radius 3 is 2.50 bits per heavy atom. The van der Waals surface area contributed by atoms with Gasteiger partial charge in [-0.1, -0.05) is 18.2 Å². The van der Waals surface area contributed by atoms with E-state index in [9.17, 15) is 17.6 Å². The highest BCUT2D eigenvalue weighted by molar-refractivity contribution is 7.91. The third-order valence-corrected chi connectivity index (χ3v) is 5.72. The summed E-state index contributed by atoms with van der Waals surface area (Å²) in [7, 11) is -1.91. The summed E-state index contributed by atoms with van der Waals surface area (Å²) in [5.41, 5.74) is 0.995. The summed E-state index contributed by atoms with van der Waals surface area (Å²) in [5.74, 6) is -0.0711. The van der Waals surface area contributed by atoms with E-state index in [1.807, 2.05) is 24.3 Å². The van der Waals surface area contributed by atoms with Crippen LogP contribution in [0.2, 0.25) is 0 Å². The Morgan fingerprint density at radius 1 is 1.12 bits per heavy atom. The molecule has 0 bridgehead atoms. The van der Waals surface area contributed by atoms with Crippen LogP contribution in [-0.4, -0.2) is 33.7 Å². The summed E-state index contributed by atoms with van der Waals surface area (Å²) < 4.78 is 42.4. The van der Waals surface area contributed by atoms with Crippen LogP contribution in [0.3, 0.4) is 0 Å². The fourth-order valence-electron chi connectivity index (χ4n) is 2.52. The maximum atomic E-state index is 12.9. The zero-order valence-corrected chi connectivity index (χ0v) is 15.4. The van der Waals surface area contributed by atoms with E-state index in [2.05, 4.69) is 5.32 Å². The highest BCUT2D eigenvalue weighted by atomic mass is 32.2. The van der Waals surface area contributed by atoms with Crippen LogP contribution in [0.4, 0.5) is 4.39 Å². The van der Waals surface area contributed by atoms with Crippen molar-refractivity contribution in [2.24, 2.45) is 0 Å². The van der Waals surface area contributed by atoms with Gasteiger partial charge in [0.1, 0.15) is 11.6 Å². The Hall–Kier alpha value is -2.41. The molecule has 1 N–H and O–H groups in total. The largest absolute Gasteiger partial charge is 0.496 e. The van der Waals surface area contributed by atoms with Crippen molar-refractivity contribution >= 4 is 15.7 Å². The van der Waals surface area contributed by atoms with E-state index >= 15 is 0 Å². The molecule has 0 spiro atoms. The number of carbonyl (C=O) groups is 1. The van der Waals surface area contributed by atoms with Crippen molar-refractivity contribution in [3.63, 3.8) is 0 Å². The number of ether oxygens (including phenoxy) is 1. The summed E-state index contributed by atoms with van der Waals surface area (Å²) in [5, 5.41) is 2.78. The maximum Gasteiger partial charge on any atom is 0.220 e. The molecule has 0 aliphatic carbocycles. The van der Waals surface area contributed by atoms with Gasteiger partial charge in [-0.25, -0.2) is 12.8 Å². The van der Waals surface area contributed by atoms with Gasteiger partial charge >= 0.3 is 0 Å². The minimum absolute atomic E-state index is 0.0653.